The second kappa shape index (κ2) is 4.41. The number of hydrogen-bond donors (Lipinski definition) is 0. The van der Waals surface area contributed by atoms with E-state index >= 15 is 0 Å². The zero-order valence-corrected chi connectivity index (χ0v) is 12.2. The third-order valence-corrected chi connectivity index (χ3v) is 4.27. The first-order chi connectivity index (χ1) is 10.1. The highest BCUT2D eigenvalue weighted by Crippen LogP contribution is 2.59. The highest BCUT2D eigenvalue weighted by molar-refractivity contribution is 5.26. The predicted molar refractivity (Wildman–Crippen MR) is 78.4 cm³/mol. The van der Waals surface area contributed by atoms with Crippen molar-refractivity contribution in [2.45, 2.75) is 37.6 Å². The molecule has 2 aliphatic rings. The number of hydrogen-bond acceptors (Lipinski definition) is 3. The van der Waals surface area contributed by atoms with Crippen molar-refractivity contribution in [3.8, 4) is 0 Å². The molecule has 108 valence electrons. The minimum atomic E-state index is -0.753. The van der Waals surface area contributed by atoms with Gasteiger partial charge in [-0.3, -0.25) is 0 Å². The Morgan fingerprint density at radius 2 is 1.05 bits per heavy atom. The Labute approximate surface area is 124 Å². The Morgan fingerprint density at radius 3 is 1.38 bits per heavy atom. The molecule has 21 heavy (non-hydrogen) atoms. The fourth-order valence-electron chi connectivity index (χ4n) is 3.36. The second-order valence-corrected chi connectivity index (χ2v) is 5.95. The lowest BCUT2D eigenvalue weighted by Gasteiger charge is -2.35. The summed E-state index contributed by atoms with van der Waals surface area (Å²) in [4.78, 5) is 0. The fourth-order valence-corrected chi connectivity index (χ4v) is 3.36. The Hall–Kier alpha value is -1.68. The monoisotopic (exact) mass is 282 g/mol. The van der Waals surface area contributed by atoms with Crippen LogP contribution in [0.1, 0.15) is 37.2 Å². The van der Waals surface area contributed by atoms with Crippen LogP contribution in [-0.4, -0.2) is 11.6 Å². The molecule has 2 saturated heterocycles. The molecule has 0 spiro atoms. The first-order valence-electron chi connectivity index (χ1n) is 7.26. The van der Waals surface area contributed by atoms with Gasteiger partial charge in [0.25, 0.3) is 0 Å². The van der Waals surface area contributed by atoms with E-state index in [0.717, 1.165) is 11.1 Å². The van der Waals surface area contributed by atoms with E-state index < -0.39 is 11.6 Å². The summed E-state index contributed by atoms with van der Waals surface area (Å²) in [5, 5.41) is 0. The number of fused-ring (bicyclic) bond motifs is 2. The Bertz CT molecular complexity index is 585. The second-order valence-electron chi connectivity index (χ2n) is 5.95. The highest BCUT2D eigenvalue weighted by Gasteiger charge is 2.65. The van der Waals surface area contributed by atoms with E-state index in [1.165, 1.54) is 0 Å². The average molecular weight is 282 g/mol. The molecule has 2 heterocycles. The number of rotatable bonds is 2. The van der Waals surface area contributed by atoms with Gasteiger partial charge in [-0.25, -0.2) is 0 Å². The standard InChI is InChI=1S/C18H18O3/c1-17-15(13-9-5-3-6-10-13)20-18(2,21-17)16(19-17)14-11-7-4-8-12-14/h3-12,15-16H,1-2H3/t15-,16-,17-,18+/m0/s1. The summed E-state index contributed by atoms with van der Waals surface area (Å²) < 4.78 is 18.7. The molecule has 0 aromatic heterocycles. The maximum Gasteiger partial charge on any atom is 0.200 e. The molecule has 0 radical (unpaired) electrons. The summed E-state index contributed by atoms with van der Waals surface area (Å²) in [7, 11) is 0. The van der Waals surface area contributed by atoms with Crippen molar-refractivity contribution in [2.75, 3.05) is 0 Å². The van der Waals surface area contributed by atoms with Crippen molar-refractivity contribution >= 4 is 0 Å². The lowest BCUT2D eigenvalue weighted by Crippen LogP contribution is -2.37. The molecule has 0 saturated carbocycles. The molecule has 0 unspecified atom stereocenters. The van der Waals surface area contributed by atoms with E-state index in [1.807, 2.05) is 74.5 Å². The van der Waals surface area contributed by atoms with E-state index in [2.05, 4.69) is 0 Å². The van der Waals surface area contributed by atoms with E-state index in [-0.39, 0.29) is 12.2 Å². The lowest BCUT2D eigenvalue weighted by atomic mass is 9.99. The topological polar surface area (TPSA) is 27.7 Å². The van der Waals surface area contributed by atoms with Gasteiger partial charge in [0.2, 0.25) is 0 Å². The van der Waals surface area contributed by atoms with Crippen molar-refractivity contribution in [3.63, 3.8) is 0 Å². The summed E-state index contributed by atoms with van der Waals surface area (Å²) in [6, 6.07) is 20.2. The lowest BCUT2D eigenvalue weighted by molar-refractivity contribution is -0.215. The van der Waals surface area contributed by atoms with Gasteiger partial charge in [0.15, 0.2) is 11.6 Å². The van der Waals surface area contributed by atoms with Gasteiger partial charge < -0.3 is 14.2 Å². The van der Waals surface area contributed by atoms with E-state index in [4.69, 9.17) is 14.2 Å². The van der Waals surface area contributed by atoms with Crippen molar-refractivity contribution in [2.24, 2.45) is 0 Å². The van der Waals surface area contributed by atoms with Crippen LogP contribution in [0, 0.1) is 0 Å². The van der Waals surface area contributed by atoms with Crippen molar-refractivity contribution in [1.29, 1.82) is 0 Å². The van der Waals surface area contributed by atoms with Crippen LogP contribution in [0.2, 0.25) is 0 Å². The van der Waals surface area contributed by atoms with Gasteiger partial charge in [-0.05, 0) is 25.0 Å². The molecule has 2 aromatic rings. The third kappa shape index (κ3) is 1.93. The van der Waals surface area contributed by atoms with Crippen LogP contribution >= 0.6 is 0 Å². The number of benzene rings is 2. The van der Waals surface area contributed by atoms with Gasteiger partial charge in [-0.2, -0.15) is 0 Å². The Kier molecular flexibility index (Phi) is 2.73. The van der Waals surface area contributed by atoms with E-state index in [1.54, 1.807) is 0 Å². The third-order valence-electron chi connectivity index (χ3n) is 4.27. The Morgan fingerprint density at radius 1 is 0.667 bits per heavy atom. The molecule has 3 nitrogen and oxygen atoms in total. The smallest absolute Gasteiger partial charge is 0.200 e. The van der Waals surface area contributed by atoms with E-state index in [0.29, 0.717) is 0 Å². The maximum absolute atomic E-state index is 6.26. The molecular formula is C18H18O3. The van der Waals surface area contributed by atoms with Gasteiger partial charge in [0, 0.05) is 0 Å². The molecular weight excluding hydrogens is 264 g/mol. The average Bonchev–Trinajstić information content (AvgIpc) is 2.94. The van der Waals surface area contributed by atoms with Gasteiger partial charge in [-0.15, -0.1) is 0 Å². The van der Waals surface area contributed by atoms with Gasteiger partial charge in [0.05, 0.1) is 0 Å². The van der Waals surface area contributed by atoms with E-state index in [9.17, 15) is 0 Å². The first kappa shape index (κ1) is 13.0. The molecule has 2 fully saturated rings. The largest absolute Gasteiger partial charge is 0.334 e. The zero-order valence-electron chi connectivity index (χ0n) is 12.2. The minimum absolute atomic E-state index is 0.205. The normalized spacial score (nSPS) is 37.8. The van der Waals surface area contributed by atoms with Crippen LogP contribution in [0.15, 0.2) is 60.7 Å². The van der Waals surface area contributed by atoms with Crippen LogP contribution in [0.25, 0.3) is 0 Å². The highest BCUT2D eigenvalue weighted by atomic mass is 16.9. The molecule has 2 aromatic carbocycles. The minimum Gasteiger partial charge on any atom is -0.334 e. The molecule has 3 heteroatoms. The summed E-state index contributed by atoms with van der Waals surface area (Å²) in [6.07, 6.45) is -0.410. The van der Waals surface area contributed by atoms with Crippen LogP contribution < -0.4 is 0 Å². The van der Waals surface area contributed by atoms with Gasteiger partial charge in [-0.1, -0.05) is 60.7 Å². The Balaban J connectivity index is 1.69. The fraction of sp³-hybridized carbons (Fsp3) is 0.333. The maximum atomic E-state index is 6.26. The zero-order chi connectivity index (χ0) is 14.5. The summed E-state index contributed by atoms with van der Waals surface area (Å²) in [6.45, 7) is 3.91. The van der Waals surface area contributed by atoms with Crippen LogP contribution in [0.4, 0.5) is 0 Å². The molecule has 0 N–H and O–H groups in total. The molecule has 0 aliphatic carbocycles. The van der Waals surface area contributed by atoms with Crippen LogP contribution in [-0.2, 0) is 14.2 Å². The molecule has 2 aliphatic heterocycles. The van der Waals surface area contributed by atoms with Gasteiger partial charge >= 0.3 is 0 Å². The van der Waals surface area contributed by atoms with Crippen molar-refractivity contribution < 1.29 is 14.2 Å². The van der Waals surface area contributed by atoms with Crippen LogP contribution in [0.5, 0.6) is 0 Å². The predicted octanol–water partition coefficient (Wildman–Crippen LogP) is 3.98. The summed E-state index contributed by atoms with van der Waals surface area (Å²) >= 11 is 0. The van der Waals surface area contributed by atoms with Crippen LogP contribution in [0.3, 0.4) is 0 Å². The van der Waals surface area contributed by atoms with Crippen molar-refractivity contribution in [3.05, 3.63) is 71.8 Å². The number of ether oxygens (including phenoxy) is 3. The molecule has 4 atom stereocenters. The molecule has 0 amide bonds. The summed E-state index contributed by atoms with van der Waals surface area (Å²) in [5.74, 6) is -1.51. The van der Waals surface area contributed by atoms with Gasteiger partial charge in [0.1, 0.15) is 12.2 Å². The molecule has 2 bridgehead atoms. The quantitative estimate of drug-likeness (QED) is 0.834. The summed E-state index contributed by atoms with van der Waals surface area (Å²) in [5.41, 5.74) is 2.16. The van der Waals surface area contributed by atoms with Crippen molar-refractivity contribution in [1.82, 2.24) is 0 Å². The first-order valence-corrected chi connectivity index (χ1v) is 7.26. The SMILES string of the molecule is C[C@@]12O[C@@H](c3ccccc3)[C@](C)(O[C@H]1c1ccccc1)O2. The molecule has 4 rings (SSSR count).